The number of aromatic nitrogens is 1. The summed E-state index contributed by atoms with van der Waals surface area (Å²) in [5.41, 5.74) is -0.745. The van der Waals surface area contributed by atoms with Gasteiger partial charge in [0.15, 0.2) is 0 Å². The van der Waals surface area contributed by atoms with Crippen LogP contribution in [0.3, 0.4) is 0 Å². The Kier molecular flexibility index (Phi) is 3.19. The Labute approximate surface area is 95.0 Å². The number of nitrogens with zero attached hydrogens (tertiary/aromatic N) is 2. The predicted octanol–water partition coefficient (Wildman–Crippen LogP) is 1.86. The van der Waals surface area contributed by atoms with E-state index in [1.54, 1.807) is 0 Å². The molecule has 1 fully saturated rings. The highest BCUT2D eigenvalue weighted by atomic mass is 19.2. The predicted molar refractivity (Wildman–Crippen MR) is 51.7 cm³/mol. The van der Waals surface area contributed by atoms with Crippen molar-refractivity contribution >= 4 is 5.69 Å². The maximum atomic E-state index is 13.4. The molecular weight excluding hydrogens is 240 g/mol. The average molecular weight is 250 g/mol. The highest BCUT2D eigenvalue weighted by molar-refractivity contribution is 5.48. The first kappa shape index (κ1) is 12.1. The van der Waals surface area contributed by atoms with Crippen LogP contribution in [-0.4, -0.2) is 31.3 Å². The van der Waals surface area contributed by atoms with Gasteiger partial charge < -0.3 is 9.64 Å². The lowest BCUT2D eigenvalue weighted by Gasteiger charge is -2.26. The van der Waals surface area contributed by atoms with Gasteiger partial charge in [-0.15, -0.1) is 0 Å². The molecule has 7 heteroatoms. The van der Waals surface area contributed by atoms with Crippen molar-refractivity contribution in [3.63, 3.8) is 0 Å². The zero-order valence-corrected chi connectivity index (χ0v) is 9.01. The molecule has 1 saturated heterocycles. The van der Waals surface area contributed by atoms with E-state index < -0.39 is 29.2 Å². The van der Waals surface area contributed by atoms with E-state index >= 15 is 0 Å². The summed E-state index contributed by atoms with van der Waals surface area (Å²) in [6, 6.07) is -0.305. The van der Waals surface area contributed by atoms with Crippen molar-refractivity contribution in [2.45, 2.75) is 12.5 Å². The van der Waals surface area contributed by atoms with Crippen LogP contribution in [0.2, 0.25) is 0 Å². The molecule has 0 spiro atoms. The molecule has 1 aromatic rings. The summed E-state index contributed by atoms with van der Waals surface area (Å²) in [5.74, 6) is -6.27. The molecule has 1 aliphatic rings. The second kappa shape index (κ2) is 4.48. The van der Waals surface area contributed by atoms with Gasteiger partial charge in [0.25, 0.3) is 11.9 Å². The van der Waals surface area contributed by atoms with Crippen LogP contribution in [0.1, 0.15) is 6.42 Å². The highest BCUT2D eigenvalue weighted by Crippen LogP contribution is 2.28. The third kappa shape index (κ3) is 2.06. The molecule has 94 valence electrons. The molecule has 0 N–H and O–H groups in total. The number of likely N-dealkylation sites (N-methyl/N-ethyl adjacent to an activating group) is 1. The first-order chi connectivity index (χ1) is 8.02. The molecule has 1 atom stereocenters. The van der Waals surface area contributed by atoms with Gasteiger partial charge in [-0.25, -0.2) is 0 Å². The average Bonchev–Trinajstić information content (AvgIpc) is 2.80. The third-order valence-electron chi connectivity index (χ3n) is 2.78. The van der Waals surface area contributed by atoms with Crippen LogP contribution in [0.15, 0.2) is 0 Å². The lowest BCUT2D eigenvalue weighted by atomic mass is 10.2. The number of halogens is 4. The van der Waals surface area contributed by atoms with Gasteiger partial charge in [0.1, 0.15) is 5.69 Å². The van der Waals surface area contributed by atoms with Crippen LogP contribution >= 0.6 is 0 Å². The normalized spacial score (nSPS) is 19.7. The molecule has 0 amide bonds. The van der Waals surface area contributed by atoms with Gasteiger partial charge in [-0.3, -0.25) is 0 Å². The first-order valence-corrected chi connectivity index (χ1v) is 5.03. The smallest absolute Gasteiger partial charge is 0.253 e. The van der Waals surface area contributed by atoms with Crippen LogP contribution in [0.4, 0.5) is 23.2 Å². The zero-order chi connectivity index (χ0) is 12.6. The van der Waals surface area contributed by atoms with E-state index in [1.165, 1.54) is 7.05 Å². The summed E-state index contributed by atoms with van der Waals surface area (Å²) in [7, 11) is 1.36. The van der Waals surface area contributed by atoms with Crippen molar-refractivity contribution in [3.05, 3.63) is 23.5 Å². The number of pyridine rings is 1. The molecule has 1 aliphatic heterocycles. The van der Waals surface area contributed by atoms with Crippen molar-refractivity contribution in [1.29, 1.82) is 0 Å². The Bertz CT molecular complexity index is 409. The zero-order valence-electron chi connectivity index (χ0n) is 9.01. The van der Waals surface area contributed by atoms with E-state index in [0.717, 1.165) is 4.90 Å². The van der Waals surface area contributed by atoms with Crippen molar-refractivity contribution in [3.8, 4) is 0 Å². The van der Waals surface area contributed by atoms with Crippen molar-refractivity contribution < 1.29 is 22.3 Å². The van der Waals surface area contributed by atoms with Gasteiger partial charge in [0.2, 0.25) is 11.6 Å². The number of hydrogen-bond donors (Lipinski definition) is 0. The molecule has 1 unspecified atom stereocenters. The molecule has 0 bridgehead atoms. The Morgan fingerprint density at radius 1 is 1.18 bits per heavy atom. The van der Waals surface area contributed by atoms with Gasteiger partial charge in [0.05, 0.1) is 12.6 Å². The molecule has 0 radical (unpaired) electrons. The van der Waals surface area contributed by atoms with E-state index in [1.807, 2.05) is 0 Å². The minimum atomic E-state index is -1.65. The standard InChI is InChI=1S/C10H10F4N2O/c1-16(5-2-3-17-4-5)8-6(11)9(13)15-10(14)7(8)12/h5H,2-4H2,1H3. The van der Waals surface area contributed by atoms with Crippen LogP contribution in [0.25, 0.3) is 0 Å². The largest absolute Gasteiger partial charge is 0.379 e. The summed E-state index contributed by atoms with van der Waals surface area (Å²) in [5, 5.41) is 0. The third-order valence-corrected chi connectivity index (χ3v) is 2.78. The van der Waals surface area contributed by atoms with E-state index in [9.17, 15) is 17.6 Å². The highest BCUT2D eigenvalue weighted by Gasteiger charge is 2.29. The Morgan fingerprint density at radius 3 is 2.24 bits per heavy atom. The number of ether oxygens (including phenoxy) is 1. The fourth-order valence-corrected chi connectivity index (χ4v) is 1.80. The lowest BCUT2D eigenvalue weighted by Crippen LogP contribution is -2.34. The summed E-state index contributed by atoms with van der Waals surface area (Å²) in [4.78, 5) is 3.65. The van der Waals surface area contributed by atoms with Crippen LogP contribution in [-0.2, 0) is 4.74 Å². The molecule has 3 nitrogen and oxygen atoms in total. The van der Waals surface area contributed by atoms with Crippen LogP contribution in [0, 0.1) is 23.5 Å². The van der Waals surface area contributed by atoms with E-state index in [4.69, 9.17) is 4.74 Å². The summed E-state index contributed by atoms with van der Waals surface area (Å²) < 4.78 is 57.7. The number of hydrogen-bond acceptors (Lipinski definition) is 3. The number of anilines is 1. The van der Waals surface area contributed by atoms with E-state index in [-0.39, 0.29) is 12.6 Å². The molecule has 1 aromatic heterocycles. The summed E-state index contributed by atoms with van der Waals surface area (Å²) >= 11 is 0. The van der Waals surface area contributed by atoms with Gasteiger partial charge >= 0.3 is 0 Å². The summed E-state index contributed by atoms with van der Waals surface area (Å²) in [6.07, 6.45) is 0.543. The SMILES string of the molecule is CN(c1c(F)c(F)nc(F)c1F)C1CCOC1. The number of rotatable bonds is 2. The maximum Gasteiger partial charge on any atom is 0.253 e. The Balaban J connectivity index is 2.42. The molecular formula is C10H10F4N2O. The van der Waals surface area contributed by atoms with Gasteiger partial charge in [-0.1, -0.05) is 0 Å². The van der Waals surface area contributed by atoms with Crippen molar-refractivity contribution in [1.82, 2.24) is 4.98 Å². The maximum absolute atomic E-state index is 13.4. The monoisotopic (exact) mass is 250 g/mol. The van der Waals surface area contributed by atoms with E-state index in [2.05, 4.69) is 4.98 Å². The topological polar surface area (TPSA) is 25.4 Å². The van der Waals surface area contributed by atoms with E-state index in [0.29, 0.717) is 13.0 Å². The van der Waals surface area contributed by atoms with Crippen LogP contribution < -0.4 is 4.90 Å². The Hall–Kier alpha value is -1.37. The molecule has 2 rings (SSSR count). The summed E-state index contributed by atoms with van der Waals surface area (Å²) in [6.45, 7) is 0.717. The molecule has 17 heavy (non-hydrogen) atoms. The minimum Gasteiger partial charge on any atom is -0.379 e. The lowest BCUT2D eigenvalue weighted by molar-refractivity contribution is 0.193. The first-order valence-electron chi connectivity index (χ1n) is 5.03. The second-order valence-corrected chi connectivity index (χ2v) is 3.80. The van der Waals surface area contributed by atoms with Crippen LogP contribution in [0.5, 0.6) is 0 Å². The fraction of sp³-hybridized carbons (Fsp3) is 0.500. The molecule has 2 heterocycles. The van der Waals surface area contributed by atoms with Crippen molar-refractivity contribution in [2.24, 2.45) is 0 Å². The molecule has 0 aliphatic carbocycles. The minimum absolute atomic E-state index is 0.265. The quantitative estimate of drug-likeness (QED) is 0.591. The molecule has 0 aromatic carbocycles. The van der Waals surface area contributed by atoms with Gasteiger partial charge in [-0.2, -0.15) is 22.5 Å². The van der Waals surface area contributed by atoms with Gasteiger partial charge in [-0.05, 0) is 6.42 Å². The van der Waals surface area contributed by atoms with Gasteiger partial charge in [0, 0.05) is 13.7 Å². The van der Waals surface area contributed by atoms with Crippen molar-refractivity contribution in [2.75, 3.05) is 25.2 Å². The fourth-order valence-electron chi connectivity index (χ4n) is 1.80. The Morgan fingerprint density at radius 2 is 1.76 bits per heavy atom. The molecule has 0 saturated carbocycles. The second-order valence-electron chi connectivity index (χ2n) is 3.80.